The Hall–Kier alpha value is -4.05. The van der Waals surface area contributed by atoms with E-state index in [1.807, 2.05) is 54.8 Å². The van der Waals surface area contributed by atoms with E-state index in [4.69, 9.17) is 9.47 Å². The zero-order chi connectivity index (χ0) is 22.7. The number of H-pyrrole nitrogens is 1. The van der Waals surface area contributed by atoms with E-state index in [9.17, 15) is 10.1 Å². The van der Waals surface area contributed by atoms with Gasteiger partial charge >= 0.3 is 5.97 Å². The van der Waals surface area contributed by atoms with Crippen molar-refractivity contribution in [2.75, 3.05) is 13.2 Å². The van der Waals surface area contributed by atoms with Gasteiger partial charge in [0.05, 0.1) is 36.4 Å². The summed E-state index contributed by atoms with van der Waals surface area (Å²) in [7, 11) is 0. The number of nitriles is 1. The number of rotatable bonds is 7. The number of imidazole rings is 1. The predicted molar refractivity (Wildman–Crippen MR) is 122 cm³/mol. The lowest BCUT2D eigenvalue weighted by molar-refractivity contribution is 0.0528. The number of esters is 1. The lowest BCUT2D eigenvalue weighted by Crippen LogP contribution is -2.10. The Labute approximate surface area is 186 Å². The van der Waals surface area contributed by atoms with E-state index >= 15 is 0 Å². The van der Waals surface area contributed by atoms with E-state index in [0.29, 0.717) is 48.1 Å². The molecule has 4 aromatic rings. The van der Waals surface area contributed by atoms with E-state index in [1.54, 1.807) is 19.1 Å². The molecular formula is C25H24N4O3. The van der Waals surface area contributed by atoms with Crippen LogP contribution < -0.4 is 4.74 Å². The molecule has 0 saturated heterocycles. The zero-order valence-electron chi connectivity index (χ0n) is 18.3. The van der Waals surface area contributed by atoms with Gasteiger partial charge in [-0.1, -0.05) is 30.3 Å². The average molecular weight is 428 g/mol. The highest BCUT2D eigenvalue weighted by Crippen LogP contribution is 2.28. The quantitative estimate of drug-likeness (QED) is 0.425. The minimum atomic E-state index is -0.385. The van der Waals surface area contributed by atoms with Gasteiger partial charge < -0.3 is 14.5 Å². The van der Waals surface area contributed by atoms with E-state index < -0.39 is 0 Å². The molecule has 0 radical (unpaired) electrons. The van der Waals surface area contributed by atoms with Crippen LogP contribution >= 0.6 is 0 Å². The molecule has 2 heterocycles. The number of aromatic nitrogens is 3. The number of nitrogens with one attached hydrogen (secondary N) is 1. The molecule has 0 aliphatic rings. The topological polar surface area (TPSA) is 92.9 Å². The summed E-state index contributed by atoms with van der Waals surface area (Å²) in [5.74, 6) is -0.385. The number of aromatic amines is 1. The molecule has 0 bridgehead atoms. The van der Waals surface area contributed by atoms with Crippen molar-refractivity contribution in [3.05, 3.63) is 71.0 Å². The molecule has 7 heteroatoms. The molecule has 2 aromatic carbocycles. The van der Waals surface area contributed by atoms with Crippen LogP contribution in [-0.4, -0.2) is 33.7 Å². The summed E-state index contributed by atoms with van der Waals surface area (Å²) in [5, 5.41) is 9.37. The molecule has 32 heavy (non-hydrogen) atoms. The van der Waals surface area contributed by atoms with Crippen LogP contribution in [0.25, 0.3) is 22.2 Å². The minimum Gasteiger partial charge on any atom is -0.465 e. The predicted octanol–water partition coefficient (Wildman–Crippen LogP) is 4.84. The standard InChI is InChI=1S/C25H24N4O3/c1-4-31-24(30)19-7-6-8-21-23(19)29(25(28-21)32-5-2)15-17-9-11-18(12-10-17)20-13-16(3)27-22(20)14-26/h6-13,27H,4-5,15H2,1-3H3. The number of hydrogen-bond acceptors (Lipinski definition) is 5. The Kier molecular flexibility index (Phi) is 5.95. The Morgan fingerprint density at radius 3 is 2.62 bits per heavy atom. The lowest BCUT2D eigenvalue weighted by Gasteiger charge is -2.12. The second-order valence-electron chi connectivity index (χ2n) is 7.36. The normalized spacial score (nSPS) is 10.8. The Morgan fingerprint density at radius 2 is 1.94 bits per heavy atom. The first-order valence-corrected chi connectivity index (χ1v) is 10.5. The first-order chi connectivity index (χ1) is 15.5. The highest BCUT2D eigenvalue weighted by Gasteiger charge is 2.20. The van der Waals surface area contributed by atoms with Crippen LogP contribution in [0.1, 0.15) is 41.2 Å². The number of hydrogen-bond donors (Lipinski definition) is 1. The van der Waals surface area contributed by atoms with Crippen LogP contribution in [0.5, 0.6) is 6.01 Å². The third-order valence-corrected chi connectivity index (χ3v) is 5.17. The van der Waals surface area contributed by atoms with E-state index in [0.717, 1.165) is 22.4 Å². The highest BCUT2D eigenvalue weighted by molar-refractivity contribution is 6.02. The van der Waals surface area contributed by atoms with Gasteiger partial charge in [0.2, 0.25) is 0 Å². The van der Waals surface area contributed by atoms with Crippen molar-refractivity contribution in [3.8, 4) is 23.2 Å². The van der Waals surface area contributed by atoms with Crippen molar-refractivity contribution >= 4 is 17.0 Å². The van der Waals surface area contributed by atoms with Crippen molar-refractivity contribution < 1.29 is 14.3 Å². The number of carbonyl (C=O) groups excluding carboxylic acids is 1. The van der Waals surface area contributed by atoms with Crippen molar-refractivity contribution in [3.63, 3.8) is 0 Å². The molecule has 162 valence electrons. The summed E-state index contributed by atoms with van der Waals surface area (Å²) in [5.41, 5.74) is 6.17. The number of para-hydroxylation sites is 1. The van der Waals surface area contributed by atoms with Gasteiger partial charge in [-0.3, -0.25) is 4.57 Å². The van der Waals surface area contributed by atoms with E-state index in [1.165, 1.54) is 0 Å². The van der Waals surface area contributed by atoms with Crippen LogP contribution in [0.3, 0.4) is 0 Å². The van der Waals surface area contributed by atoms with Gasteiger partial charge in [-0.15, -0.1) is 0 Å². The molecule has 1 N–H and O–H groups in total. The minimum absolute atomic E-state index is 0.298. The maximum atomic E-state index is 12.6. The van der Waals surface area contributed by atoms with E-state index in [2.05, 4.69) is 16.0 Å². The molecule has 0 atom stereocenters. The number of ether oxygens (including phenoxy) is 2. The first kappa shape index (κ1) is 21.2. The highest BCUT2D eigenvalue weighted by atomic mass is 16.5. The van der Waals surface area contributed by atoms with Crippen molar-refractivity contribution in [1.29, 1.82) is 5.26 Å². The fourth-order valence-electron chi connectivity index (χ4n) is 3.80. The zero-order valence-corrected chi connectivity index (χ0v) is 18.3. The Bertz CT molecular complexity index is 1310. The first-order valence-electron chi connectivity index (χ1n) is 10.5. The van der Waals surface area contributed by atoms with Crippen molar-refractivity contribution in [1.82, 2.24) is 14.5 Å². The number of aryl methyl sites for hydroxylation is 1. The van der Waals surface area contributed by atoms with Gasteiger partial charge in [-0.05, 0) is 50.1 Å². The molecule has 0 unspecified atom stereocenters. The lowest BCUT2D eigenvalue weighted by atomic mass is 10.0. The van der Waals surface area contributed by atoms with Crippen LogP contribution in [0.4, 0.5) is 0 Å². The molecule has 0 saturated carbocycles. The smallest absolute Gasteiger partial charge is 0.340 e. The van der Waals surface area contributed by atoms with Gasteiger partial charge in [-0.25, -0.2) is 4.79 Å². The van der Waals surface area contributed by atoms with Crippen molar-refractivity contribution in [2.45, 2.75) is 27.3 Å². The van der Waals surface area contributed by atoms with Crippen LogP contribution in [0, 0.1) is 18.3 Å². The van der Waals surface area contributed by atoms with Crippen LogP contribution in [-0.2, 0) is 11.3 Å². The molecule has 7 nitrogen and oxygen atoms in total. The summed E-state index contributed by atoms with van der Waals surface area (Å²) in [4.78, 5) is 20.2. The summed E-state index contributed by atoms with van der Waals surface area (Å²) in [6.07, 6.45) is 0. The number of fused-ring (bicyclic) bond motifs is 1. The summed E-state index contributed by atoms with van der Waals surface area (Å²) >= 11 is 0. The summed E-state index contributed by atoms with van der Waals surface area (Å²) in [6, 6.07) is 18.0. The van der Waals surface area contributed by atoms with Gasteiger partial charge in [-0.2, -0.15) is 10.2 Å². The molecule has 0 spiro atoms. The molecular weight excluding hydrogens is 404 g/mol. The third-order valence-electron chi connectivity index (χ3n) is 5.17. The SMILES string of the molecule is CCOC(=O)c1cccc2nc(OCC)n(Cc3ccc(-c4cc(C)[nH]c4C#N)cc3)c12. The van der Waals surface area contributed by atoms with Crippen molar-refractivity contribution in [2.24, 2.45) is 0 Å². The number of benzene rings is 2. The van der Waals surface area contributed by atoms with Gasteiger partial charge in [0.15, 0.2) is 0 Å². The maximum absolute atomic E-state index is 12.6. The Balaban J connectivity index is 1.74. The fraction of sp³-hybridized carbons (Fsp3) is 0.240. The molecule has 0 aliphatic carbocycles. The Morgan fingerprint density at radius 1 is 1.16 bits per heavy atom. The maximum Gasteiger partial charge on any atom is 0.340 e. The summed E-state index contributed by atoms with van der Waals surface area (Å²) in [6.45, 7) is 6.84. The molecule has 0 amide bonds. The second-order valence-corrected chi connectivity index (χ2v) is 7.36. The number of nitrogens with zero attached hydrogens (tertiary/aromatic N) is 3. The molecule has 0 fully saturated rings. The fourth-order valence-corrected chi connectivity index (χ4v) is 3.80. The molecule has 0 aliphatic heterocycles. The number of carbonyl (C=O) groups is 1. The largest absolute Gasteiger partial charge is 0.465 e. The van der Waals surface area contributed by atoms with Gasteiger partial charge in [0, 0.05) is 11.3 Å². The van der Waals surface area contributed by atoms with Crippen LogP contribution in [0.2, 0.25) is 0 Å². The monoisotopic (exact) mass is 428 g/mol. The van der Waals surface area contributed by atoms with E-state index in [-0.39, 0.29) is 5.97 Å². The summed E-state index contributed by atoms with van der Waals surface area (Å²) < 4.78 is 12.9. The van der Waals surface area contributed by atoms with Gasteiger partial charge in [0.25, 0.3) is 6.01 Å². The van der Waals surface area contributed by atoms with Gasteiger partial charge in [0.1, 0.15) is 11.8 Å². The van der Waals surface area contributed by atoms with Crippen LogP contribution in [0.15, 0.2) is 48.5 Å². The molecule has 4 rings (SSSR count). The molecule has 2 aromatic heterocycles. The second kappa shape index (κ2) is 8.98. The third kappa shape index (κ3) is 3.95. The average Bonchev–Trinajstić information content (AvgIpc) is 3.34.